The van der Waals surface area contributed by atoms with E-state index in [9.17, 15) is 0 Å². The molecule has 1 aromatic rings. The van der Waals surface area contributed by atoms with Gasteiger partial charge in [-0.2, -0.15) is 0 Å². The average molecular weight is 327 g/mol. The van der Waals surface area contributed by atoms with Crippen molar-refractivity contribution in [1.29, 1.82) is 0 Å². The first-order chi connectivity index (χ1) is 9.07. The minimum absolute atomic E-state index is 0.149. The number of rotatable bonds is 8. The Morgan fingerprint density at radius 2 is 1.63 bits per heavy atom. The lowest BCUT2D eigenvalue weighted by Crippen LogP contribution is -2.51. The van der Waals surface area contributed by atoms with Crippen molar-refractivity contribution in [3.8, 4) is 0 Å². The maximum absolute atomic E-state index is 6.11. The molecule has 2 N–H and O–H groups in total. The summed E-state index contributed by atoms with van der Waals surface area (Å²) in [6.07, 6.45) is 4.71. The molecule has 1 rings (SSSR count). The van der Waals surface area contributed by atoms with E-state index < -0.39 is 0 Å². The van der Waals surface area contributed by atoms with Crippen molar-refractivity contribution in [2.75, 3.05) is 13.6 Å². The number of likely N-dealkylation sites (N-methyl/N-ethyl adjacent to an activating group) is 1. The van der Waals surface area contributed by atoms with E-state index in [0.717, 1.165) is 17.6 Å². The largest absolute Gasteiger partial charge is 0.329 e. The van der Waals surface area contributed by atoms with Gasteiger partial charge in [-0.3, -0.25) is 4.90 Å². The van der Waals surface area contributed by atoms with Crippen LogP contribution in [0, 0.1) is 0 Å². The third kappa shape index (κ3) is 4.59. The van der Waals surface area contributed by atoms with Crippen molar-refractivity contribution in [3.05, 3.63) is 34.3 Å². The lowest BCUT2D eigenvalue weighted by atomic mass is 9.86. The molecule has 0 radical (unpaired) electrons. The van der Waals surface area contributed by atoms with Crippen LogP contribution in [0.4, 0.5) is 0 Å². The maximum atomic E-state index is 6.11. The average Bonchev–Trinajstić information content (AvgIpc) is 2.41. The highest BCUT2D eigenvalue weighted by molar-refractivity contribution is 9.10. The van der Waals surface area contributed by atoms with Crippen LogP contribution in [0.25, 0.3) is 0 Å². The summed E-state index contributed by atoms with van der Waals surface area (Å²) in [5, 5.41) is 0. The number of halogens is 1. The highest BCUT2D eigenvalue weighted by atomic mass is 79.9. The lowest BCUT2D eigenvalue weighted by Gasteiger charge is -2.41. The van der Waals surface area contributed by atoms with Crippen LogP contribution >= 0.6 is 15.9 Å². The summed E-state index contributed by atoms with van der Waals surface area (Å²) in [6.45, 7) is 6.19. The Labute approximate surface area is 126 Å². The molecular weight excluding hydrogens is 300 g/mol. The van der Waals surface area contributed by atoms with Gasteiger partial charge in [-0.25, -0.2) is 0 Å². The van der Waals surface area contributed by atoms with Crippen molar-refractivity contribution in [2.45, 2.75) is 51.6 Å². The first-order valence-electron chi connectivity index (χ1n) is 7.23. The molecule has 0 bridgehead atoms. The van der Waals surface area contributed by atoms with Crippen LogP contribution in [0.3, 0.4) is 0 Å². The van der Waals surface area contributed by atoms with Gasteiger partial charge in [0.2, 0.25) is 0 Å². The molecule has 19 heavy (non-hydrogen) atoms. The second-order valence-corrected chi connectivity index (χ2v) is 6.33. The molecule has 0 aliphatic carbocycles. The summed E-state index contributed by atoms with van der Waals surface area (Å²) in [6, 6.07) is 8.57. The molecule has 0 amide bonds. The summed E-state index contributed by atoms with van der Waals surface area (Å²) < 4.78 is 1.13. The fourth-order valence-corrected chi connectivity index (χ4v) is 3.09. The van der Waals surface area contributed by atoms with E-state index in [1.54, 1.807) is 0 Å². The summed E-state index contributed by atoms with van der Waals surface area (Å²) in [7, 11) is 2.21. The molecule has 0 saturated carbocycles. The van der Waals surface area contributed by atoms with Gasteiger partial charge in [0.25, 0.3) is 0 Å². The highest BCUT2D eigenvalue weighted by Crippen LogP contribution is 2.27. The van der Waals surface area contributed by atoms with E-state index >= 15 is 0 Å². The molecule has 0 aliphatic heterocycles. The first-order valence-corrected chi connectivity index (χ1v) is 8.03. The van der Waals surface area contributed by atoms with E-state index in [1.165, 1.54) is 31.2 Å². The summed E-state index contributed by atoms with van der Waals surface area (Å²) in [4.78, 5) is 2.45. The first kappa shape index (κ1) is 16.7. The van der Waals surface area contributed by atoms with Gasteiger partial charge in [0.05, 0.1) is 0 Å². The van der Waals surface area contributed by atoms with Crippen LogP contribution < -0.4 is 5.73 Å². The SMILES string of the molecule is CCCC(CN)(CCC)N(C)Cc1ccc(Br)cc1. The molecule has 0 atom stereocenters. The molecule has 2 nitrogen and oxygen atoms in total. The van der Waals surface area contributed by atoms with Crippen LogP contribution in [0.2, 0.25) is 0 Å². The molecule has 1 aromatic carbocycles. The minimum atomic E-state index is 0.149. The van der Waals surface area contributed by atoms with E-state index in [4.69, 9.17) is 5.73 Å². The Kier molecular flexibility index (Phi) is 7.05. The second kappa shape index (κ2) is 8.03. The molecule has 3 heteroatoms. The Hall–Kier alpha value is -0.380. The van der Waals surface area contributed by atoms with E-state index in [-0.39, 0.29) is 5.54 Å². The monoisotopic (exact) mass is 326 g/mol. The van der Waals surface area contributed by atoms with Crippen molar-refractivity contribution in [3.63, 3.8) is 0 Å². The second-order valence-electron chi connectivity index (χ2n) is 5.41. The van der Waals surface area contributed by atoms with E-state index in [1.807, 2.05) is 0 Å². The molecule has 0 unspecified atom stereocenters. The fraction of sp³-hybridized carbons (Fsp3) is 0.625. The molecule has 0 aliphatic rings. The van der Waals surface area contributed by atoms with Gasteiger partial charge in [-0.1, -0.05) is 54.8 Å². The van der Waals surface area contributed by atoms with Gasteiger partial charge >= 0.3 is 0 Å². The zero-order chi connectivity index (χ0) is 14.3. The van der Waals surface area contributed by atoms with Crippen LogP contribution in [0.5, 0.6) is 0 Å². The standard InChI is InChI=1S/C16H27BrN2/c1-4-10-16(13-18,11-5-2)19(3)12-14-6-8-15(17)9-7-14/h6-9H,4-5,10-13,18H2,1-3H3. The smallest absolute Gasteiger partial charge is 0.0332 e. The van der Waals surface area contributed by atoms with Crippen molar-refractivity contribution < 1.29 is 0 Å². The van der Waals surface area contributed by atoms with Crippen molar-refractivity contribution >= 4 is 15.9 Å². The zero-order valence-corrected chi connectivity index (χ0v) is 14.0. The maximum Gasteiger partial charge on any atom is 0.0332 e. The Morgan fingerprint density at radius 1 is 1.11 bits per heavy atom. The normalized spacial score (nSPS) is 12.1. The highest BCUT2D eigenvalue weighted by Gasteiger charge is 2.31. The van der Waals surface area contributed by atoms with Gasteiger partial charge in [-0.05, 0) is 37.6 Å². The third-order valence-corrected chi connectivity index (χ3v) is 4.48. The van der Waals surface area contributed by atoms with Gasteiger partial charge in [0.1, 0.15) is 0 Å². The van der Waals surface area contributed by atoms with Crippen LogP contribution in [0.1, 0.15) is 45.1 Å². The quantitative estimate of drug-likeness (QED) is 0.776. The molecule has 0 saturated heterocycles. The van der Waals surface area contributed by atoms with Gasteiger partial charge in [0.15, 0.2) is 0 Å². The summed E-state index contributed by atoms with van der Waals surface area (Å²) in [5.74, 6) is 0. The fourth-order valence-electron chi connectivity index (χ4n) is 2.83. The Morgan fingerprint density at radius 3 is 2.05 bits per heavy atom. The van der Waals surface area contributed by atoms with Crippen LogP contribution in [-0.4, -0.2) is 24.0 Å². The predicted octanol–water partition coefficient (Wildman–Crippen LogP) is 4.18. The Balaban J connectivity index is 2.80. The van der Waals surface area contributed by atoms with Crippen LogP contribution in [-0.2, 0) is 6.54 Å². The number of nitrogens with two attached hydrogens (primary N) is 1. The molecule has 0 spiro atoms. The van der Waals surface area contributed by atoms with Gasteiger partial charge in [-0.15, -0.1) is 0 Å². The van der Waals surface area contributed by atoms with Crippen molar-refractivity contribution in [2.24, 2.45) is 5.73 Å². The lowest BCUT2D eigenvalue weighted by molar-refractivity contribution is 0.0955. The molecule has 0 aromatic heterocycles. The van der Waals surface area contributed by atoms with Gasteiger partial charge in [0, 0.05) is 23.1 Å². The number of benzene rings is 1. The van der Waals surface area contributed by atoms with Crippen LogP contribution in [0.15, 0.2) is 28.7 Å². The Bertz CT molecular complexity index is 356. The van der Waals surface area contributed by atoms with Gasteiger partial charge < -0.3 is 5.73 Å². The minimum Gasteiger partial charge on any atom is -0.329 e. The third-order valence-electron chi connectivity index (χ3n) is 3.95. The zero-order valence-electron chi connectivity index (χ0n) is 12.5. The topological polar surface area (TPSA) is 29.3 Å². The molecule has 0 heterocycles. The predicted molar refractivity (Wildman–Crippen MR) is 87.2 cm³/mol. The number of hydrogen-bond acceptors (Lipinski definition) is 2. The summed E-state index contributed by atoms with van der Waals surface area (Å²) >= 11 is 3.48. The van der Waals surface area contributed by atoms with E-state index in [0.29, 0.717) is 0 Å². The molecular formula is C16H27BrN2. The van der Waals surface area contributed by atoms with E-state index in [2.05, 4.69) is 66.0 Å². The molecule has 0 fully saturated rings. The summed E-state index contributed by atoms with van der Waals surface area (Å²) in [5.41, 5.74) is 7.60. The number of hydrogen-bond donors (Lipinski definition) is 1. The molecule has 108 valence electrons. The number of nitrogens with zero attached hydrogens (tertiary/aromatic N) is 1. The van der Waals surface area contributed by atoms with Crippen molar-refractivity contribution in [1.82, 2.24) is 4.90 Å².